The van der Waals surface area contributed by atoms with Gasteiger partial charge in [0.2, 0.25) is 0 Å². The lowest BCUT2D eigenvalue weighted by atomic mass is 10.2. The molecule has 1 aliphatic heterocycles. The molecule has 2 aromatic heterocycles. The Balaban J connectivity index is 1.65. The van der Waals surface area contributed by atoms with Gasteiger partial charge in [0.05, 0.1) is 22.6 Å². The number of anilines is 1. The van der Waals surface area contributed by atoms with E-state index in [4.69, 9.17) is 4.98 Å². The maximum atomic E-state index is 4.93. The molecule has 4 aromatic rings. The third-order valence-electron chi connectivity index (χ3n) is 5.17. The van der Waals surface area contributed by atoms with Crippen molar-refractivity contribution in [2.75, 3.05) is 11.4 Å². The van der Waals surface area contributed by atoms with Crippen LogP contribution in [0, 0.1) is 0 Å². The summed E-state index contributed by atoms with van der Waals surface area (Å²) < 4.78 is 2.22. The SMILES string of the molecule is Cn1c(C2CCCN2c2ncnc3ccccc23)nc2ccccc21. The number of imidazole rings is 1. The lowest BCUT2D eigenvalue weighted by Gasteiger charge is -2.26. The molecule has 1 aliphatic rings. The number of fused-ring (bicyclic) bond motifs is 2. The maximum Gasteiger partial charge on any atom is 0.140 e. The van der Waals surface area contributed by atoms with Crippen molar-refractivity contribution in [1.29, 1.82) is 0 Å². The van der Waals surface area contributed by atoms with E-state index >= 15 is 0 Å². The summed E-state index contributed by atoms with van der Waals surface area (Å²) in [6, 6.07) is 16.8. The number of benzene rings is 2. The van der Waals surface area contributed by atoms with Gasteiger partial charge in [-0.3, -0.25) is 0 Å². The molecule has 5 rings (SSSR count). The van der Waals surface area contributed by atoms with Gasteiger partial charge in [0.15, 0.2) is 0 Å². The van der Waals surface area contributed by atoms with E-state index in [1.54, 1.807) is 6.33 Å². The highest BCUT2D eigenvalue weighted by molar-refractivity contribution is 5.89. The molecule has 2 aromatic carbocycles. The Morgan fingerprint density at radius 2 is 1.76 bits per heavy atom. The van der Waals surface area contributed by atoms with E-state index in [2.05, 4.69) is 56.8 Å². The Morgan fingerprint density at radius 1 is 0.960 bits per heavy atom. The molecule has 0 spiro atoms. The number of hydrogen-bond donors (Lipinski definition) is 0. The minimum atomic E-state index is 0.246. The summed E-state index contributed by atoms with van der Waals surface area (Å²) in [5.74, 6) is 2.13. The fourth-order valence-corrected chi connectivity index (χ4v) is 3.97. The van der Waals surface area contributed by atoms with Gasteiger partial charge in [0.25, 0.3) is 0 Å². The second-order valence-electron chi connectivity index (χ2n) is 6.58. The highest BCUT2D eigenvalue weighted by atomic mass is 15.3. The van der Waals surface area contributed by atoms with Gasteiger partial charge in [-0.25, -0.2) is 15.0 Å². The second-order valence-corrected chi connectivity index (χ2v) is 6.58. The van der Waals surface area contributed by atoms with Gasteiger partial charge < -0.3 is 9.47 Å². The van der Waals surface area contributed by atoms with Gasteiger partial charge in [-0.1, -0.05) is 24.3 Å². The quantitative estimate of drug-likeness (QED) is 0.560. The van der Waals surface area contributed by atoms with Crippen molar-refractivity contribution >= 4 is 27.8 Å². The number of para-hydroxylation sites is 3. The van der Waals surface area contributed by atoms with E-state index in [1.165, 1.54) is 5.52 Å². The van der Waals surface area contributed by atoms with Crippen molar-refractivity contribution in [3.63, 3.8) is 0 Å². The van der Waals surface area contributed by atoms with Crippen LogP contribution in [0.3, 0.4) is 0 Å². The molecular formula is C20H19N5. The first kappa shape index (κ1) is 14.4. The van der Waals surface area contributed by atoms with Crippen molar-refractivity contribution < 1.29 is 0 Å². The minimum Gasteiger partial charge on any atom is -0.346 e. The van der Waals surface area contributed by atoms with Crippen molar-refractivity contribution in [1.82, 2.24) is 19.5 Å². The van der Waals surface area contributed by atoms with E-state index in [0.717, 1.165) is 47.4 Å². The highest BCUT2D eigenvalue weighted by Gasteiger charge is 2.31. The fraction of sp³-hybridized carbons (Fsp3) is 0.250. The van der Waals surface area contributed by atoms with Crippen LogP contribution in [0.1, 0.15) is 24.7 Å². The Kier molecular flexibility index (Phi) is 3.20. The number of hydrogen-bond acceptors (Lipinski definition) is 4. The lowest BCUT2D eigenvalue weighted by molar-refractivity contribution is 0.634. The summed E-state index contributed by atoms with van der Waals surface area (Å²) in [4.78, 5) is 16.4. The zero-order chi connectivity index (χ0) is 16.8. The Morgan fingerprint density at radius 3 is 2.64 bits per heavy atom. The molecule has 0 aliphatic carbocycles. The molecule has 0 bridgehead atoms. The van der Waals surface area contributed by atoms with Crippen molar-refractivity contribution in [3.05, 3.63) is 60.7 Å². The smallest absolute Gasteiger partial charge is 0.140 e. The maximum absolute atomic E-state index is 4.93. The Hall–Kier alpha value is -2.95. The van der Waals surface area contributed by atoms with Crippen LogP contribution in [0.2, 0.25) is 0 Å². The largest absolute Gasteiger partial charge is 0.346 e. The molecule has 5 heteroatoms. The van der Waals surface area contributed by atoms with Crippen LogP contribution in [0.5, 0.6) is 0 Å². The molecule has 5 nitrogen and oxygen atoms in total. The monoisotopic (exact) mass is 329 g/mol. The fourth-order valence-electron chi connectivity index (χ4n) is 3.97. The van der Waals surface area contributed by atoms with Crippen molar-refractivity contribution in [2.45, 2.75) is 18.9 Å². The van der Waals surface area contributed by atoms with Gasteiger partial charge in [-0.15, -0.1) is 0 Å². The van der Waals surface area contributed by atoms with Gasteiger partial charge in [0.1, 0.15) is 18.0 Å². The second kappa shape index (κ2) is 5.55. The van der Waals surface area contributed by atoms with Gasteiger partial charge in [-0.05, 0) is 37.1 Å². The summed E-state index contributed by atoms with van der Waals surface area (Å²) >= 11 is 0. The standard InChI is InChI=1S/C20H19N5/c1-24-17-10-5-4-9-16(17)23-20(24)18-11-6-12-25(18)19-14-7-2-3-8-15(14)21-13-22-19/h2-5,7-10,13,18H,6,11-12H2,1H3. The van der Waals surface area contributed by atoms with E-state index in [9.17, 15) is 0 Å². The van der Waals surface area contributed by atoms with Gasteiger partial charge in [0, 0.05) is 19.0 Å². The first-order valence-corrected chi connectivity index (χ1v) is 8.70. The molecular weight excluding hydrogens is 310 g/mol. The number of nitrogens with zero attached hydrogens (tertiary/aromatic N) is 5. The van der Waals surface area contributed by atoms with Crippen LogP contribution in [0.4, 0.5) is 5.82 Å². The van der Waals surface area contributed by atoms with E-state index < -0.39 is 0 Å². The van der Waals surface area contributed by atoms with E-state index in [0.29, 0.717) is 0 Å². The van der Waals surface area contributed by atoms with Crippen molar-refractivity contribution in [2.24, 2.45) is 7.05 Å². The average molecular weight is 329 g/mol. The van der Waals surface area contributed by atoms with Crippen LogP contribution in [-0.4, -0.2) is 26.1 Å². The van der Waals surface area contributed by atoms with Crippen LogP contribution >= 0.6 is 0 Å². The summed E-state index contributed by atoms with van der Waals surface area (Å²) in [6.45, 7) is 0.995. The number of aromatic nitrogens is 4. The number of rotatable bonds is 2. The summed E-state index contributed by atoms with van der Waals surface area (Å²) in [5.41, 5.74) is 3.22. The average Bonchev–Trinajstić information content (AvgIpc) is 3.26. The molecule has 1 fully saturated rings. The zero-order valence-corrected chi connectivity index (χ0v) is 14.1. The predicted octanol–water partition coefficient (Wildman–Crippen LogP) is 3.86. The van der Waals surface area contributed by atoms with Crippen molar-refractivity contribution in [3.8, 4) is 0 Å². The van der Waals surface area contributed by atoms with Crippen LogP contribution in [0.15, 0.2) is 54.9 Å². The van der Waals surface area contributed by atoms with Gasteiger partial charge in [-0.2, -0.15) is 0 Å². The topological polar surface area (TPSA) is 46.8 Å². The molecule has 0 radical (unpaired) electrons. The third-order valence-corrected chi connectivity index (χ3v) is 5.17. The summed E-state index contributed by atoms with van der Waals surface area (Å²) in [7, 11) is 2.11. The molecule has 1 saturated heterocycles. The molecule has 0 saturated carbocycles. The summed E-state index contributed by atoms with van der Waals surface area (Å²) in [6.07, 6.45) is 3.91. The van der Waals surface area contributed by atoms with E-state index in [-0.39, 0.29) is 6.04 Å². The molecule has 1 unspecified atom stereocenters. The molecule has 0 amide bonds. The van der Waals surface area contributed by atoms with Crippen LogP contribution < -0.4 is 4.90 Å². The van der Waals surface area contributed by atoms with E-state index in [1.807, 2.05) is 18.2 Å². The van der Waals surface area contributed by atoms with Crippen LogP contribution in [-0.2, 0) is 7.05 Å². The molecule has 0 N–H and O–H groups in total. The first-order valence-electron chi connectivity index (χ1n) is 8.70. The van der Waals surface area contributed by atoms with Gasteiger partial charge >= 0.3 is 0 Å². The number of aryl methyl sites for hydroxylation is 1. The normalized spacial score (nSPS) is 17.6. The van der Waals surface area contributed by atoms with Crippen LogP contribution in [0.25, 0.3) is 21.9 Å². The highest BCUT2D eigenvalue weighted by Crippen LogP contribution is 2.38. The first-order chi connectivity index (χ1) is 12.3. The molecule has 1 atom stereocenters. The third kappa shape index (κ3) is 2.19. The minimum absolute atomic E-state index is 0.246. The molecule has 25 heavy (non-hydrogen) atoms. The lowest BCUT2D eigenvalue weighted by Crippen LogP contribution is -2.26. The zero-order valence-electron chi connectivity index (χ0n) is 14.1. The molecule has 124 valence electrons. The Bertz CT molecular complexity index is 1060. The summed E-state index contributed by atoms with van der Waals surface area (Å²) in [5, 5.41) is 1.11. The predicted molar refractivity (Wildman–Crippen MR) is 99.6 cm³/mol. The molecule has 3 heterocycles. The Labute approximate surface area is 146 Å².